The van der Waals surface area contributed by atoms with Crippen LogP contribution in [-0.2, 0) is 9.59 Å². The highest BCUT2D eigenvalue weighted by Crippen LogP contribution is 2.18. The van der Waals surface area contributed by atoms with Crippen molar-refractivity contribution in [3.63, 3.8) is 0 Å². The first-order valence-electron chi connectivity index (χ1n) is 30.4. The van der Waals surface area contributed by atoms with Gasteiger partial charge in [0.05, 0.1) is 24.4 Å². The molecule has 6 atom stereocenters. The molecule has 0 aromatic carbocycles. The largest absolute Gasteiger partial charge is 0.392 e. The molecular weight excluding hydrogens is 861 g/mol. The van der Waals surface area contributed by atoms with Gasteiger partial charge in [-0.1, -0.05) is 233 Å². The van der Waals surface area contributed by atoms with Crippen molar-refractivity contribution in [2.45, 2.75) is 327 Å². The van der Waals surface area contributed by atoms with Gasteiger partial charge >= 0.3 is 0 Å². The summed E-state index contributed by atoms with van der Waals surface area (Å²) >= 11 is 0. The predicted octanol–water partition coefficient (Wildman–Crippen LogP) is 13.1. The van der Waals surface area contributed by atoms with Crippen molar-refractivity contribution in [1.29, 1.82) is 0 Å². The van der Waals surface area contributed by atoms with Gasteiger partial charge in [0.2, 0.25) is 11.8 Å². The van der Waals surface area contributed by atoms with Crippen LogP contribution in [0.2, 0.25) is 0 Å². The number of carbonyl (C=O) groups excluding carboxylic acids is 2. The number of carbonyl (C=O) groups is 2. The molecule has 6 N–H and O–H groups in total. The molecule has 1 saturated heterocycles. The van der Waals surface area contributed by atoms with E-state index in [4.69, 9.17) is 0 Å². The van der Waals surface area contributed by atoms with Crippen molar-refractivity contribution in [2.75, 3.05) is 39.3 Å². The molecule has 6 unspecified atom stereocenters. The lowest BCUT2D eigenvalue weighted by Crippen LogP contribution is -2.61. The minimum atomic E-state index is -0.583. The van der Waals surface area contributed by atoms with E-state index >= 15 is 0 Å². The molecule has 1 heterocycles. The molecule has 0 saturated carbocycles. The third-order valence-corrected chi connectivity index (χ3v) is 14.9. The summed E-state index contributed by atoms with van der Waals surface area (Å²) in [4.78, 5) is 31.1. The van der Waals surface area contributed by atoms with Gasteiger partial charge in [-0.2, -0.15) is 0 Å². The highest BCUT2D eigenvalue weighted by Gasteiger charge is 2.33. The summed E-state index contributed by atoms with van der Waals surface area (Å²) in [5.41, 5.74) is 0. The van der Waals surface area contributed by atoms with Gasteiger partial charge in [-0.15, -0.1) is 0 Å². The van der Waals surface area contributed by atoms with Crippen molar-refractivity contribution in [3.8, 4) is 0 Å². The summed E-state index contributed by atoms with van der Waals surface area (Å²) in [7, 11) is 0. The minimum Gasteiger partial charge on any atom is -0.392 e. The highest BCUT2D eigenvalue weighted by molar-refractivity contribution is 5.96. The van der Waals surface area contributed by atoms with E-state index in [0.29, 0.717) is 52.0 Å². The standard InChI is InChI=1S/C59H118N4O6/c1-5-9-13-17-21-25-29-33-40-52(64)48-62(49-53(65)41-34-30-26-22-18-14-10-6-2)46-38-37-44-56-58(68)61-57(59(69)60-56)45-39-47-63(50-54(66)42-35-31-27-23-19-15-11-7-3)51-55(67)43-36-32-28-24-20-16-12-8-4/h52-57,64-67H,5-51H2,1-4H3,(H,60,69)(H,61,68). The molecule has 1 rings (SSSR count). The molecule has 69 heavy (non-hydrogen) atoms. The molecule has 0 aromatic heterocycles. The van der Waals surface area contributed by atoms with Gasteiger partial charge in [-0.3, -0.25) is 19.4 Å². The molecule has 10 nitrogen and oxygen atoms in total. The summed E-state index contributed by atoms with van der Waals surface area (Å²) in [5, 5.41) is 50.3. The van der Waals surface area contributed by atoms with E-state index in [-0.39, 0.29) is 11.8 Å². The van der Waals surface area contributed by atoms with Gasteiger partial charge in [0.1, 0.15) is 12.1 Å². The fourth-order valence-corrected chi connectivity index (χ4v) is 10.4. The van der Waals surface area contributed by atoms with Crippen LogP contribution in [0.3, 0.4) is 0 Å². The van der Waals surface area contributed by atoms with Crippen LogP contribution in [0, 0.1) is 0 Å². The van der Waals surface area contributed by atoms with Gasteiger partial charge in [-0.05, 0) is 70.9 Å². The molecule has 410 valence electrons. The van der Waals surface area contributed by atoms with Crippen molar-refractivity contribution < 1.29 is 30.0 Å². The summed E-state index contributed by atoms with van der Waals surface area (Å²) in [6, 6.07) is -1.14. The van der Waals surface area contributed by atoms with Gasteiger partial charge < -0.3 is 31.1 Å². The molecule has 2 amide bonds. The minimum absolute atomic E-state index is 0.128. The van der Waals surface area contributed by atoms with Crippen LogP contribution in [0.1, 0.15) is 291 Å². The van der Waals surface area contributed by atoms with E-state index in [2.05, 4.69) is 48.1 Å². The van der Waals surface area contributed by atoms with Crippen LogP contribution in [0.25, 0.3) is 0 Å². The van der Waals surface area contributed by atoms with E-state index < -0.39 is 36.5 Å². The Morgan fingerprint density at radius 2 is 0.565 bits per heavy atom. The number of nitrogens with zero attached hydrogens (tertiary/aromatic N) is 2. The number of nitrogens with one attached hydrogen (secondary N) is 2. The number of amides is 2. The van der Waals surface area contributed by atoms with Gasteiger partial charge in [0, 0.05) is 26.2 Å². The molecule has 0 aromatic rings. The molecule has 1 aliphatic rings. The lowest BCUT2D eigenvalue weighted by atomic mass is 10.0. The summed E-state index contributed by atoms with van der Waals surface area (Å²) < 4.78 is 0. The average molecular weight is 980 g/mol. The summed E-state index contributed by atoms with van der Waals surface area (Å²) in [6.45, 7) is 12.5. The number of rotatable bonds is 53. The second kappa shape index (κ2) is 47.7. The molecule has 0 aliphatic carbocycles. The Kier molecular flexibility index (Phi) is 45.4. The zero-order valence-electron chi connectivity index (χ0n) is 46.2. The normalized spacial score (nSPS) is 17.1. The quantitative estimate of drug-likeness (QED) is 0.0331. The smallest absolute Gasteiger partial charge is 0.243 e. The van der Waals surface area contributed by atoms with Crippen molar-refractivity contribution in [3.05, 3.63) is 0 Å². The molecule has 0 radical (unpaired) electrons. The van der Waals surface area contributed by atoms with Crippen LogP contribution in [0.5, 0.6) is 0 Å². The number of hydrogen-bond donors (Lipinski definition) is 6. The maximum atomic E-state index is 13.3. The van der Waals surface area contributed by atoms with E-state index in [0.717, 1.165) is 96.4 Å². The lowest BCUT2D eigenvalue weighted by Gasteiger charge is -2.31. The second-order valence-corrected chi connectivity index (χ2v) is 21.9. The zero-order valence-corrected chi connectivity index (χ0v) is 46.2. The van der Waals surface area contributed by atoms with E-state index in [9.17, 15) is 30.0 Å². The Labute approximate surface area is 427 Å². The van der Waals surface area contributed by atoms with E-state index in [1.165, 1.54) is 154 Å². The first kappa shape index (κ1) is 65.7. The summed E-state index contributed by atoms with van der Waals surface area (Å²) in [5.74, 6) is -0.262. The van der Waals surface area contributed by atoms with Crippen LogP contribution in [0.15, 0.2) is 0 Å². The molecule has 1 fully saturated rings. The highest BCUT2D eigenvalue weighted by atomic mass is 16.3. The Morgan fingerprint density at radius 1 is 0.333 bits per heavy atom. The van der Waals surface area contributed by atoms with Crippen LogP contribution in [-0.4, -0.2) is 118 Å². The topological polar surface area (TPSA) is 146 Å². The Bertz CT molecular complexity index is 1080. The first-order valence-corrected chi connectivity index (χ1v) is 30.4. The molecule has 1 aliphatic heterocycles. The van der Waals surface area contributed by atoms with Crippen LogP contribution < -0.4 is 10.6 Å². The predicted molar refractivity (Wildman–Crippen MR) is 293 cm³/mol. The molecular formula is C59H118N4O6. The Hall–Kier alpha value is -1.30. The van der Waals surface area contributed by atoms with Gasteiger partial charge in [-0.25, -0.2) is 0 Å². The van der Waals surface area contributed by atoms with Crippen molar-refractivity contribution in [2.24, 2.45) is 0 Å². The van der Waals surface area contributed by atoms with E-state index in [1.54, 1.807) is 0 Å². The number of piperazine rings is 1. The van der Waals surface area contributed by atoms with Gasteiger partial charge in [0.15, 0.2) is 0 Å². The number of aliphatic hydroxyl groups is 4. The molecule has 0 spiro atoms. The SMILES string of the molecule is CCCCCCCCCCC(O)CN(CCCCC1NC(=O)C(CCCN(CC(O)CCCCCCCCCC)CC(O)CCCCCCCCCC)NC1=O)CC(O)CCCCCCCCCC. The maximum absolute atomic E-state index is 13.3. The third-order valence-electron chi connectivity index (χ3n) is 14.9. The lowest BCUT2D eigenvalue weighted by molar-refractivity contribution is -0.137. The van der Waals surface area contributed by atoms with Crippen LogP contribution >= 0.6 is 0 Å². The number of unbranched alkanes of at least 4 members (excludes halogenated alkanes) is 29. The monoisotopic (exact) mass is 979 g/mol. The zero-order chi connectivity index (χ0) is 50.4. The second-order valence-electron chi connectivity index (χ2n) is 21.9. The third kappa shape index (κ3) is 39.9. The Balaban J connectivity index is 2.63. The fraction of sp³-hybridized carbons (Fsp3) is 0.966. The number of hydrogen-bond acceptors (Lipinski definition) is 8. The summed E-state index contributed by atoms with van der Waals surface area (Å²) in [6.07, 6.45) is 44.3. The van der Waals surface area contributed by atoms with Crippen molar-refractivity contribution in [1.82, 2.24) is 20.4 Å². The van der Waals surface area contributed by atoms with Gasteiger partial charge in [0.25, 0.3) is 0 Å². The maximum Gasteiger partial charge on any atom is 0.243 e. The molecule has 10 heteroatoms. The van der Waals surface area contributed by atoms with Crippen molar-refractivity contribution >= 4 is 11.8 Å². The fourth-order valence-electron chi connectivity index (χ4n) is 10.4. The average Bonchev–Trinajstić information content (AvgIpc) is 3.32. The molecule has 0 bridgehead atoms. The first-order chi connectivity index (χ1) is 33.6. The van der Waals surface area contributed by atoms with E-state index in [1.807, 2.05) is 0 Å². The number of aliphatic hydroxyl groups excluding tert-OH is 4. The Morgan fingerprint density at radius 3 is 0.841 bits per heavy atom. The van der Waals surface area contributed by atoms with Crippen LogP contribution in [0.4, 0.5) is 0 Å².